The molecule has 6 amide bonds. The maximum Gasteiger partial charge on any atom is 0.410 e. The van der Waals surface area contributed by atoms with Gasteiger partial charge in [0.15, 0.2) is 11.6 Å². The molecule has 0 spiro atoms. The van der Waals surface area contributed by atoms with E-state index in [9.17, 15) is 38.4 Å². The number of para-hydroxylation sites is 2. The highest BCUT2D eigenvalue weighted by Crippen LogP contribution is 2.41. The van der Waals surface area contributed by atoms with Crippen LogP contribution in [0, 0.1) is 34.5 Å². The molecule has 24 heteroatoms. The van der Waals surface area contributed by atoms with Crippen LogP contribution in [0.1, 0.15) is 183 Å². The number of nitrogens with zero attached hydrogens (tertiary/aromatic N) is 6. The van der Waals surface area contributed by atoms with Crippen molar-refractivity contribution >= 4 is 103 Å². The van der Waals surface area contributed by atoms with E-state index >= 15 is 9.59 Å². The Morgan fingerprint density at radius 3 is 1.58 bits per heavy atom. The lowest BCUT2D eigenvalue weighted by molar-refractivity contribution is -0.147. The lowest BCUT2D eigenvalue weighted by atomic mass is 9.72. The average molecular weight is 1480 g/mol. The molecule has 4 aromatic rings. The third-order valence-corrected chi connectivity index (χ3v) is 21.3. The van der Waals surface area contributed by atoms with Gasteiger partial charge in [-0.15, -0.1) is 0 Å². The summed E-state index contributed by atoms with van der Waals surface area (Å²) in [6, 6.07) is 11.9. The van der Waals surface area contributed by atoms with E-state index in [1.165, 1.54) is 28.9 Å². The van der Waals surface area contributed by atoms with Crippen molar-refractivity contribution in [3.05, 3.63) is 95.3 Å². The largest absolute Gasteiger partial charge is 0.467 e. The Hall–Kier alpha value is -7.60. The van der Waals surface area contributed by atoms with Gasteiger partial charge in [0.05, 0.1) is 25.1 Å². The van der Waals surface area contributed by atoms with Gasteiger partial charge in [0.2, 0.25) is 23.6 Å². The molecule has 0 unspecified atom stereocenters. The van der Waals surface area contributed by atoms with Crippen LogP contribution in [0.4, 0.5) is 9.59 Å². The second kappa shape index (κ2) is 35.7. The number of allylic oxidation sites excluding steroid dienone is 1. The molecule has 2 aromatic carbocycles. The van der Waals surface area contributed by atoms with Crippen molar-refractivity contribution < 1.29 is 66.9 Å². The molecule has 0 aliphatic rings. The number of aryl methyl sites for hydroxylation is 2. The van der Waals surface area contributed by atoms with Crippen LogP contribution >= 0.6 is 21.6 Å². The summed E-state index contributed by atoms with van der Waals surface area (Å²) in [7, 11) is 13.6. The molecular weight excluding hydrogens is 1360 g/mol. The van der Waals surface area contributed by atoms with Crippen LogP contribution in [0.2, 0.25) is 0 Å². The molecule has 0 saturated heterocycles. The number of carbonyl (C=O) groups excluding carboxylic acids is 10. The highest BCUT2D eigenvalue weighted by atomic mass is 33.1. The van der Waals surface area contributed by atoms with Gasteiger partial charge in [0.25, 0.3) is 0 Å². The molecule has 2 heterocycles. The Bertz CT molecular complexity index is 3820. The van der Waals surface area contributed by atoms with E-state index in [-0.39, 0.29) is 59.4 Å². The summed E-state index contributed by atoms with van der Waals surface area (Å²) in [5, 5.41) is 7.69. The molecule has 8 atom stereocenters. The summed E-state index contributed by atoms with van der Waals surface area (Å²) in [4.78, 5) is 148. The van der Waals surface area contributed by atoms with Crippen LogP contribution in [0.5, 0.6) is 0 Å². The number of hydrogen-bond donors (Lipinski definition) is 2. The van der Waals surface area contributed by atoms with Crippen molar-refractivity contribution in [2.24, 2.45) is 48.6 Å². The average Bonchev–Trinajstić information content (AvgIpc) is 1.55. The minimum atomic E-state index is -1.18. The van der Waals surface area contributed by atoms with E-state index in [0.717, 1.165) is 54.7 Å². The number of likely N-dealkylation sites (N-methyl/N-ethyl adjacent to an activating group) is 4. The Kier molecular flexibility index (Phi) is 30.4. The maximum atomic E-state index is 15.2. The first-order valence-corrected chi connectivity index (χ1v) is 38.2. The van der Waals surface area contributed by atoms with Crippen LogP contribution < -0.4 is 10.6 Å². The van der Waals surface area contributed by atoms with Gasteiger partial charge in [-0.05, 0) is 113 Å². The summed E-state index contributed by atoms with van der Waals surface area (Å²) >= 11 is 0. The standard InChI is InChI=1S/C80H122N8O14S2/c1-47(2)59(85(26)69(93)54(75(8,9)10)43-62(90)65(87(28)73(97)101-77(14,15)16)80(22,23)63-42-52-35-31-33-37-57(52)84(63)25)39-49(5)61(89)41-51(7)71(95)100-46-104-103-45-56(72(96)99-30)81-67(91)50(6)40-60(48(3)4)86(27)70(94)64(76(11,12)13)82-68(92)66(88(29)74(98)102-78(17,18)19)79(20,21)55-44-83(24)58-38-34-32-36-53(55)58/h31-40,42,44,47-48,51,54,56,59-60,64-66H,41,43,45-46H2,1-30H3,(H,81,91)(H,82,92)/b49-39+,50-40+/t51-,54-,56+,59-,60-,64-,65-,66-/m1/s1. The first kappa shape index (κ1) is 88.8. The number of ketones is 2. The summed E-state index contributed by atoms with van der Waals surface area (Å²) in [6.07, 6.45) is 3.52. The number of benzene rings is 2. The lowest BCUT2D eigenvalue weighted by Crippen LogP contribution is -2.63. The molecule has 0 aliphatic carbocycles. The summed E-state index contributed by atoms with van der Waals surface area (Å²) in [6.45, 7) is 41.8. The van der Waals surface area contributed by atoms with Gasteiger partial charge in [-0.3, -0.25) is 38.5 Å². The number of aromatic nitrogens is 2. The molecule has 0 aliphatic heterocycles. The van der Waals surface area contributed by atoms with Crippen molar-refractivity contribution in [1.29, 1.82) is 0 Å². The SMILES string of the molecule is COC(=O)[C@H](CSSCOC(=O)[C@H](C)CC(=O)/C(C)=C/[C@H](C(C)C)N(C)C(=O)[C@@H](CC(=O)[C@@H](N(C)C(=O)OC(C)(C)C)C(C)(C)c1cc2ccccc2n1C)C(C)(C)C)NC(=O)/C(C)=C/[C@H](C(C)C)N(C)C(=O)[C@@H](NC(=O)[C@@H](N(C)C(=O)OC(C)(C)C)C(C)(C)c1cn(C)c2ccccc12)C(C)(C)C. The van der Waals surface area contributed by atoms with Gasteiger partial charge in [0, 0.05) is 112 Å². The molecule has 22 nitrogen and oxygen atoms in total. The highest BCUT2D eigenvalue weighted by Gasteiger charge is 2.49. The van der Waals surface area contributed by atoms with Gasteiger partial charge < -0.3 is 53.4 Å². The number of carbonyl (C=O) groups is 10. The second-order valence-corrected chi connectivity index (χ2v) is 36.2. The molecule has 0 fully saturated rings. The molecule has 0 bridgehead atoms. The lowest BCUT2D eigenvalue weighted by Gasteiger charge is -2.42. The van der Waals surface area contributed by atoms with Crippen LogP contribution in [-0.2, 0) is 82.2 Å². The zero-order valence-corrected chi connectivity index (χ0v) is 69.4. The zero-order chi connectivity index (χ0) is 79.6. The number of fused-ring (bicyclic) bond motifs is 2. The summed E-state index contributed by atoms with van der Waals surface area (Å²) in [5.74, 6) is -6.30. The second-order valence-electron chi connectivity index (χ2n) is 33.8. The number of Topliss-reactive ketones (excluding diaryl/α,β-unsaturated/α-hetero) is 2. The Morgan fingerprint density at radius 1 is 0.577 bits per heavy atom. The van der Waals surface area contributed by atoms with E-state index in [4.69, 9.17) is 18.9 Å². The molecule has 104 heavy (non-hydrogen) atoms. The number of nitrogens with one attached hydrogen (secondary N) is 2. The highest BCUT2D eigenvalue weighted by molar-refractivity contribution is 8.76. The first-order chi connectivity index (χ1) is 47.6. The summed E-state index contributed by atoms with van der Waals surface area (Å²) < 4.78 is 26.3. The topological polar surface area (TPSA) is 254 Å². The van der Waals surface area contributed by atoms with E-state index in [2.05, 4.69) is 10.6 Å². The van der Waals surface area contributed by atoms with E-state index in [1.54, 1.807) is 101 Å². The predicted molar refractivity (Wildman–Crippen MR) is 415 cm³/mol. The molecule has 0 radical (unpaired) electrons. The third kappa shape index (κ3) is 22.7. The monoisotopic (exact) mass is 1480 g/mol. The fraction of sp³-hybridized carbons (Fsp3) is 0.625. The quantitative estimate of drug-likeness (QED) is 0.0119. The Labute approximate surface area is 627 Å². The van der Waals surface area contributed by atoms with E-state index in [0.29, 0.717) is 5.57 Å². The van der Waals surface area contributed by atoms with Gasteiger partial charge in [0.1, 0.15) is 41.3 Å². The van der Waals surface area contributed by atoms with Gasteiger partial charge >= 0.3 is 24.1 Å². The number of methoxy groups -OCH3 is 1. The molecule has 4 rings (SSSR count). The first-order valence-electron chi connectivity index (χ1n) is 35.7. The van der Waals surface area contributed by atoms with Crippen LogP contribution in [0.3, 0.4) is 0 Å². The van der Waals surface area contributed by atoms with Crippen molar-refractivity contribution in [1.82, 2.24) is 39.4 Å². The minimum absolute atomic E-state index is 0.00310. The van der Waals surface area contributed by atoms with E-state index in [1.807, 2.05) is 181 Å². The van der Waals surface area contributed by atoms with Crippen molar-refractivity contribution in [3.63, 3.8) is 0 Å². The number of amides is 6. The predicted octanol–water partition coefficient (Wildman–Crippen LogP) is 13.5. The summed E-state index contributed by atoms with van der Waals surface area (Å²) in [5.41, 5.74) is -1.30. The zero-order valence-electron chi connectivity index (χ0n) is 67.7. The molecule has 0 saturated carbocycles. The Balaban J connectivity index is 1.44. The van der Waals surface area contributed by atoms with Crippen molar-refractivity contribution in [2.45, 2.75) is 230 Å². The molecule has 2 aromatic heterocycles. The maximum absolute atomic E-state index is 15.2. The Morgan fingerprint density at radius 2 is 1.08 bits per heavy atom. The molecule has 578 valence electrons. The minimum Gasteiger partial charge on any atom is -0.467 e. The number of rotatable bonds is 31. The number of esters is 2. The van der Waals surface area contributed by atoms with Crippen LogP contribution in [0.15, 0.2) is 84.1 Å². The third-order valence-electron chi connectivity index (χ3n) is 19.3. The number of hydrogen-bond acceptors (Lipinski definition) is 16. The fourth-order valence-electron chi connectivity index (χ4n) is 13.4. The van der Waals surface area contributed by atoms with Crippen molar-refractivity contribution in [2.75, 3.05) is 47.0 Å². The van der Waals surface area contributed by atoms with Gasteiger partial charge in [-0.2, -0.15) is 0 Å². The van der Waals surface area contributed by atoms with E-state index < -0.39 is 123 Å². The molecular formula is C80H122N8O14S2. The smallest absolute Gasteiger partial charge is 0.410 e. The van der Waals surface area contributed by atoms with Gasteiger partial charge in [-0.25, -0.2) is 14.4 Å². The fourth-order valence-corrected chi connectivity index (χ4v) is 15.1. The molecule has 2 N–H and O–H groups in total. The van der Waals surface area contributed by atoms with Crippen LogP contribution in [0.25, 0.3) is 21.8 Å². The van der Waals surface area contributed by atoms with Crippen molar-refractivity contribution in [3.8, 4) is 0 Å². The number of ether oxygens (including phenoxy) is 4. The normalized spacial score (nSPS) is 15.2. The van der Waals surface area contributed by atoms with Gasteiger partial charge in [-0.1, -0.05) is 174 Å². The van der Waals surface area contributed by atoms with Crippen LogP contribution in [-0.4, -0.2) is 182 Å².